The molecule has 0 amide bonds. The average Bonchev–Trinajstić information content (AvgIpc) is 2.79. The number of aromatic nitrogens is 4. The molecule has 0 aliphatic heterocycles. The van der Waals surface area contributed by atoms with Crippen LogP contribution in [-0.4, -0.2) is 19.5 Å². The Morgan fingerprint density at radius 1 is 1.00 bits per heavy atom. The fraction of sp³-hybridized carbons (Fsp3) is 0.214. The SMILES string of the molecule is CC(C)n1c(-c2ccccc2)nc2c(N)nc(N)nc21. The van der Waals surface area contributed by atoms with Gasteiger partial charge in [0.05, 0.1) is 0 Å². The lowest BCUT2D eigenvalue weighted by atomic mass is 10.2. The van der Waals surface area contributed by atoms with Crippen molar-refractivity contribution < 1.29 is 0 Å². The number of fused-ring (bicyclic) bond motifs is 1. The zero-order valence-corrected chi connectivity index (χ0v) is 11.4. The number of nitrogens with zero attached hydrogens (tertiary/aromatic N) is 4. The van der Waals surface area contributed by atoms with Gasteiger partial charge in [0.25, 0.3) is 0 Å². The molecule has 2 heterocycles. The maximum atomic E-state index is 5.91. The van der Waals surface area contributed by atoms with Crippen molar-refractivity contribution in [3.8, 4) is 11.4 Å². The molecular weight excluding hydrogens is 252 g/mol. The number of rotatable bonds is 2. The number of imidazole rings is 1. The first kappa shape index (κ1) is 12.4. The smallest absolute Gasteiger partial charge is 0.224 e. The topological polar surface area (TPSA) is 95.6 Å². The normalized spacial score (nSPS) is 11.3. The van der Waals surface area contributed by atoms with Gasteiger partial charge in [0.15, 0.2) is 17.0 Å². The summed E-state index contributed by atoms with van der Waals surface area (Å²) in [4.78, 5) is 12.9. The summed E-state index contributed by atoms with van der Waals surface area (Å²) in [6, 6.07) is 10.1. The van der Waals surface area contributed by atoms with Crippen molar-refractivity contribution in [2.75, 3.05) is 11.5 Å². The van der Waals surface area contributed by atoms with Crippen LogP contribution in [0.4, 0.5) is 11.8 Å². The molecule has 3 aromatic rings. The number of hydrogen-bond acceptors (Lipinski definition) is 5. The first-order valence-electron chi connectivity index (χ1n) is 6.44. The second kappa shape index (κ2) is 4.48. The van der Waals surface area contributed by atoms with E-state index in [0.717, 1.165) is 11.4 Å². The van der Waals surface area contributed by atoms with Crippen molar-refractivity contribution >= 4 is 22.9 Å². The first-order valence-corrected chi connectivity index (χ1v) is 6.44. The van der Waals surface area contributed by atoms with Crippen molar-refractivity contribution in [3.63, 3.8) is 0 Å². The van der Waals surface area contributed by atoms with Crippen LogP contribution in [0.5, 0.6) is 0 Å². The van der Waals surface area contributed by atoms with Crippen molar-refractivity contribution in [1.29, 1.82) is 0 Å². The van der Waals surface area contributed by atoms with Crippen LogP contribution in [-0.2, 0) is 0 Å². The van der Waals surface area contributed by atoms with Gasteiger partial charge in [-0.1, -0.05) is 30.3 Å². The maximum absolute atomic E-state index is 5.91. The van der Waals surface area contributed by atoms with E-state index in [0.29, 0.717) is 17.0 Å². The van der Waals surface area contributed by atoms with Gasteiger partial charge in [0, 0.05) is 11.6 Å². The van der Waals surface area contributed by atoms with Crippen LogP contribution in [0.25, 0.3) is 22.6 Å². The van der Waals surface area contributed by atoms with E-state index in [1.807, 2.05) is 34.9 Å². The molecule has 2 aromatic heterocycles. The molecule has 0 atom stereocenters. The predicted octanol–water partition coefficient (Wildman–Crippen LogP) is 2.24. The summed E-state index contributed by atoms with van der Waals surface area (Å²) in [5.74, 6) is 1.29. The molecule has 0 aliphatic rings. The third-order valence-corrected chi connectivity index (χ3v) is 3.13. The van der Waals surface area contributed by atoms with Gasteiger partial charge >= 0.3 is 0 Å². The van der Waals surface area contributed by atoms with Crippen LogP contribution in [0.1, 0.15) is 19.9 Å². The minimum absolute atomic E-state index is 0.163. The van der Waals surface area contributed by atoms with Gasteiger partial charge in [-0.2, -0.15) is 9.97 Å². The van der Waals surface area contributed by atoms with E-state index in [1.165, 1.54) is 0 Å². The maximum Gasteiger partial charge on any atom is 0.224 e. The lowest BCUT2D eigenvalue weighted by Crippen LogP contribution is -2.06. The number of nitrogens with two attached hydrogens (primary N) is 2. The molecule has 0 unspecified atom stereocenters. The van der Waals surface area contributed by atoms with Crippen LogP contribution in [0, 0.1) is 0 Å². The first-order chi connectivity index (χ1) is 9.58. The molecule has 0 saturated carbocycles. The summed E-state index contributed by atoms with van der Waals surface area (Å²) in [6.07, 6.45) is 0. The predicted molar refractivity (Wildman–Crippen MR) is 80.0 cm³/mol. The van der Waals surface area contributed by atoms with Gasteiger partial charge in [0.1, 0.15) is 5.82 Å². The van der Waals surface area contributed by atoms with Crippen molar-refractivity contribution in [1.82, 2.24) is 19.5 Å². The zero-order valence-electron chi connectivity index (χ0n) is 11.4. The average molecular weight is 268 g/mol. The van der Waals surface area contributed by atoms with Gasteiger partial charge in [-0.25, -0.2) is 4.98 Å². The minimum Gasteiger partial charge on any atom is -0.382 e. The lowest BCUT2D eigenvalue weighted by molar-refractivity contribution is 0.620. The molecular formula is C14H16N6. The largest absolute Gasteiger partial charge is 0.382 e. The molecule has 20 heavy (non-hydrogen) atoms. The summed E-state index contributed by atoms with van der Waals surface area (Å²) in [6.45, 7) is 4.14. The van der Waals surface area contributed by atoms with Crippen LogP contribution >= 0.6 is 0 Å². The summed E-state index contributed by atoms with van der Waals surface area (Å²) >= 11 is 0. The molecule has 0 radical (unpaired) electrons. The molecule has 1 aromatic carbocycles. The summed E-state index contributed by atoms with van der Waals surface area (Å²) in [5.41, 5.74) is 13.9. The van der Waals surface area contributed by atoms with E-state index in [1.54, 1.807) is 0 Å². The van der Waals surface area contributed by atoms with Gasteiger partial charge in [-0.15, -0.1) is 0 Å². The fourth-order valence-electron chi connectivity index (χ4n) is 2.29. The number of benzene rings is 1. The monoisotopic (exact) mass is 268 g/mol. The Bertz CT molecular complexity index is 760. The third-order valence-electron chi connectivity index (χ3n) is 3.13. The molecule has 3 rings (SSSR count). The number of nitrogen functional groups attached to an aromatic ring is 2. The third kappa shape index (κ3) is 1.85. The molecule has 0 aliphatic carbocycles. The van der Waals surface area contributed by atoms with Crippen LogP contribution in [0.2, 0.25) is 0 Å². The molecule has 0 saturated heterocycles. The molecule has 102 valence electrons. The second-order valence-corrected chi connectivity index (χ2v) is 4.90. The van der Waals surface area contributed by atoms with E-state index >= 15 is 0 Å². The molecule has 0 spiro atoms. The van der Waals surface area contributed by atoms with Gasteiger partial charge in [-0.3, -0.25) is 0 Å². The second-order valence-electron chi connectivity index (χ2n) is 4.90. The van der Waals surface area contributed by atoms with Crippen molar-refractivity contribution in [3.05, 3.63) is 30.3 Å². The highest BCUT2D eigenvalue weighted by atomic mass is 15.2. The Kier molecular flexibility index (Phi) is 2.78. The van der Waals surface area contributed by atoms with Gasteiger partial charge in [0.2, 0.25) is 5.95 Å². The van der Waals surface area contributed by atoms with Crippen LogP contribution < -0.4 is 11.5 Å². The summed E-state index contributed by atoms with van der Waals surface area (Å²) in [7, 11) is 0. The van der Waals surface area contributed by atoms with Crippen LogP contribution in [0.3, 0.4) is 0 Å². The quantitative estimate of drug-likeness (QED) is 0.743. The highest BCUT2D eigenvalue weighted by Crippen LogP contribution is 2.29. The standard InChI is InChI=1S/C14H16N6/c1-8(2)20-12(9-6-4-3-5-7-9)17-10-11(15)18-14(16)19-13(10)20/h3-8H,1-2H3,(H4,15,16,18,19). The number of anilines is 2. The van der Waals surface area contributed by atoms with Crippen LogP contribution in [0.15, 0.2) is 30.3 Å². The Morgan fingerprint density at radius 2 is 1.70 bits per heavy atom. The van der Waals surface area contributed by atoms with Gasteiger partial charge in [-0.05, 0) is 13.8 Å². The molecule has 0 fully saturated rings. The van der Waals surface area contributed by atoms with E-state index in [4.69, 9.17) is 11.5 Å². The summed E-state index contributed by atoms with van der Waals surface area (Å²) in [5, 5.41) is 0. The summed E-state index contributed by atoms with van der Waals surface area (Å²) < 4.78 is 2.03. The van der Waals surface area contributed by atoms with Gasteiger partial charge < -0.3 is 16.0 Å². The Labute approximate surface area is 116 Å². The van der Waals surface area contributed by atoms with Crippen molar-refractivity contribution in [2.24, 2.45) is 0 Å². The lowest BCUT2D eigenvalue weighted by Gasteiger charge is -2.12. The van der Waals surface area contributed by atoms with Crippen molar-refractivity contribution in [2.45, 2.75) is 19.9 Å². The van der Waals surface area contributed by atoms with E-state index < -0.39 is 0 Å². The van der Waals surface area contributed by atoms with E-state index in [2.05, 4.69) is 28.8 Å². The molecule has 6 nitrogen and oxygen atoms in total. The molecule has 6 heteroatoms. The highest BCUT2D eigenvalue weighted by molar-refractivity contribution is 5.86. The Balaban J connectivity index is 2.38. The van der Waals surface area contributed by atoms with E-state index in [-0.39, 0.29) is 12.0 Å². The Hall–Kier alpha value is -2.63. The molecule has 4 N–H and O–H groups in total. The number of hydrogen-bond donors (Lipinski definition) is 2. The minimum atomic E-state index is 0.163. The molecule has 0 bridgehead atoms. The Morgan fingerprint density at radius 3 is 2.35 bits per heavy atom. The zero-order chi connectivity index (χ0) is 14.3. The van der Waals surface area contributed by atoms with E-state index in [9.17, 15) is 0 Å². The highest BCUT2D eigenvalue weighted by Gasteiger charge is 2.18. The fourth-order valence-corrected chi connectivity index (χ4v) is 2.29.